The Bertz CT molecular complexity index is 1240. The number of nitrogens with one attached hydrogen (secondary N) is 1. The lowest BCUT2D eigenvalue weighted by Gasteiger charge is -2.11. The standard InChI is InChI=1S/C23H21BrN4O2S/c1-15-19-9-4-3-6-16(19)10-11-20(15)30-13-21-26-27-23(28(21)2)31-14-22(29)25-18-8-5-7-17(24)12-18/h3-12H,13-14H2,1-2H3,(H,25,29). The van der Waals surface area contributed by atoms with Crippen LogP contribution in [0.5, 0.6) is 5.75 Å². The number of ether oxygens (including phenoxy) is 1. The number of halogens is 1. The van der Waals surface area contributed by atoms with E-state index in [1.165, 1.54) is 22.5 Å². The number of hydrogen-bond donors (Lipinski definition) is 1. The van der Waals surface area contributed by atoms with Gasteiger partial charge in [0, 0.05) is 17.2 Å². The molecule has 4 aromatic rings. The van der Waals surface area contributed by atoms with Crippen LogP contribution < -0.4 is 10.1 Å². The van der Waals surface area contributed by atoms with Gasteiger partial charge in [0.2, 0.25) is 5.91 Å². The van der Waals surface area contributed by atoms with Crippen LogP contribution in [0.25, 0.3) is 10.8 Å². The Hall–Kier alpha value is -2.84. The Morgan fingerprint density at radius 3 is 2.81 bits per heavy atom. The highest BCUT2D eigenvalue weighted by atomic mass is 79.9. The van der Waals surface area contributed by atoms with E-state index < -0.39 is 0 Å². The highest BCUT2D eigenvalue weighted by molar-refractivity contribution is 9.10. The third-order valence-corrected chi connectivity index (χ3v) is 6.38. The van der Waals surface area contributed by atoms with E-state index >= 15 is 0 Å². The van der Waals surface area contributed by atoms with E-state index in [0.29, 0.717) is 17.6 Å². The van der Waals surface area contributed by atoms with Gasteiger partial charge in [0.15, 0.2) is 11.0 Å². The SMILES string of the molecule is Cc1c(OCc2nnc(SCC(=O)Nc3cccc(Br)c3)n2C)ccc2ccccc12. The zero-order chi connectivity index (χ0) is 21.8. The first kappa shape index (κ1) is 21.4. The van der Waals surface area contributed by atoms with Crippen molar-refractivity contribution < 1.29 is 9.53 Å². The van der Waals surface area contributed by atoms with Crippen LogP contribution in [0, 0.1) is 6.92 Å². The van der Waals surface area contributed by atoms with Gasteiger partial charge in [-0.15, -0.1) is 10.2 Å². The van der Waals surface area contributed by atoms with Gasteiger partial charge in [0.05, 0.1) is 5.75 Å². The summed E-state index contributed by atoms with van der Waals surface area (Å²) in [6.45, 7) is 2.35. The zero-order valence-electron chi connectivity index (χ0n) is 17.1. The van der Waals surface area contributed by atoms with Gasteiger partial charge in [-0.3, -0.25) is 4.79 Å². The first-order chi connectivity index (χ1) is 15.0. The van der Waals surface area contributed by atoms with E-state index in [1.807, 2.05) is 54.1 Å². The molecule has 0 radical (unpaired) electrons. The number of rotatable bonds is 7. The van der Waals surface area contributed by atoms with Crippen molar-refractivity contribution in [2.24, 2.45) is 7.05 Å². The monoisotopic (exact) mass is 496 g/mol. The fourth-order valence-electron chi connectivity index (χ4n) is 3.20. The van der Waals surface area contributed by atoms with Crippen molar-refractivity contribution >= 4 is 50.1 Å². The second-order valence-corrected chi connectivity index (χ2v) is 8.86. The molecule has 3 aromatic carbocycles. The highest BCUT2D eigenvalue weighted by Crippen LogP contribution is 2.28. The first-order valence-corrected chi connectivity index (χ1v) is 11.5. The minimum Gasteiger partial charge on any atom is -0.485 e. The summed E-state index contributed by atoms with van der Waals surface area (Å²) in [5.41, 5.74) is 1.84. The van der Waals surface area contributed by atoms with Gasteiger partial charge in [-0.1, -0.05) is 64.1 Å². The Kier molecular flexibility index (Phi) is 6.58. The van der Waals surface area contributed by atoms with Crippen LogP contribution in [0.3, 0.4) is 0 Å². The molecule has 4 rings (SSSR count). The summed E-state index contributed by atoms with van der Waals surface area (Å²) < 4.78 is 8.79. The summed E-state index contributed by atoms with van der Waals surface area (Å²) in [4.78, 5) is 12.2. The van der Waals surface area contributed by atoms with E-state index in [1.54, 1.807) is 0 Å². The van der Waals surface area contributed by atoms with Crippen LogP contribution in [-0.2, 0) is 18.4 Å². The number of aromatic nitrogens is 3. The van der Waals surface area contributed by atoms with Crippen molar-refractivity contribution in [3.05, 3.63) is 76.5 Å². The predicted octanol–water partition coefficient (Wildman–Crippen LogP) is 5.35. The average molecular weight is 497 g/mol. The van der Waals surface area contributed by atoms with Crippen LogP contribution in [-0.4, -0.2) is 26.4 Å². The summed E-state index contributed by atoms with van der Waals surface area (Å²) in [7, 11) is 1.88. The molecule has 1 amide bonds. The molecular formula is C23H21BrN4O2S. The lowest BCUT2D eigenvalue weighted by molar-refractivity contribution is -0.113. The number of aryl methyl sites for hydroxylation is 1. The number of carbonyl (C=O) groups is 1. The Morgan fingerprint density at radius 1 is 1.13 bits per heavy atom. The maximum absolute atomic E-state index is 12.2. The van der Waals surface area contributed by atoms with Crippen molar-refractivity contribution in [2.75, 3.05) is 11.1 Å². The third-order valence-electron chi connectivity index (χ3n) is 4.87. The highest BCUT2D eigenvalue weighted by Gasteiger charge is 2.13. The quantitative estimate of drug-likeness (QED) is 0.349. The maximum Gasteiger partial charge on any atom is 0.234 e. The van der Waals surface area contributed by atoms with Gasteiger partial charge in [-0.05, 0) is 47.5 Å². The number of fused-ring (bicyclic) bond motifs is 1. The molecule has 1 heterocycles. The first-order valence-electron chi connectivity index (χ1n) is 9.69. The molecule has 0 spiro atoms. The van der Waals surface area contributed by atoms with Crippen molar-refractivity contribution in [3.63, 3.8) is 0 Å². The largest absolute Gasteiger partial charge is 0.485 e. The Balaban J connectivity index is 1.36. The molecular weight excluding hydrogens is 476 g/mol. The van der Waals surface area contributed by atoms with Crippen LogP contribution >= 0.6 is 27.7 Å². The number of anilines is 1. The van der Waals surface area contributed by atoms with Gasteiger partial charge in [0.1, 0.15) is 12.4 Å². The minimum atomic E-state index is -0.101. The predicted molar refractivity (Wildman–Crippen MR) is 128 cm³/mol. The second kappa shape index (κ2) is 9.53. The summed E-state index contributed by atoms with van der Waals surface area (Å²) in [6.07, 6.45) is 0. The van der Waals surface area contributed by atoms with E-state index in [2.05, 4.69) is 56.6 Å². The molecule has 6 nitrogen and oxygen atoms in total. The molecule has 0 bridgehead atoms. The number of thioether (sulfide) groups is 1. The third kappa shape index (κ3) is 5.08. The molecule has 1 N–H and O–H groups in total. The van der Waals surface area contributed by atoms with Crippen molar-refractivity contribution in [2.45, 2.75) is 18.7 Å². The van der Waals surface area contributed by atoms with Gasteiger partial charge in [-0.25, -0.2) is 0 Å². The van der Waals surface area contributed by atoms with E-state index in [0.717, 1.165) is 21.5 Å². The molecule has 8 heteroatoms. The number of benzene rings is 3. The molecule has 158 valence electrons. The molecule has 0 saturated heterocycles. The molecule has 31 heavy (non-hydrogen) atoms. The van der Waals surface area contributed by atoms with E-state index in [-0.39, 0.29) is 11.7 Å². The fraction of sp³-hybridized carbons (Fsp3) is 0.174. The van der Waals surface area contributed by atoms with E-state index in [9.17, 15) is 4.79 Å². The van der Waals surface area contributed by atoms with Gasteiger partial charge in [0.25, 0.3) is 0 Å². The lowest BCUT2D eigenvalue weighted by Crippen LogP contribution is -2.14. The summed E-state index contributed by atoms with van der Waals surface area (Å²) in [6, 6.07) is 19.8. The maximum atomic E-state index is 12.2. The topological polar surface area (TPSA) is 69.0 Å². The van der Waals surface area contributed by atoms with Crippen molar-refractivity contribution in [1.82, 2.24) is 14.8 Å². The van der Waals surface area contributed by atoms with Crippen molar-refractivity contribution in [3.8, 4) is 5.75 Å². The molecule has 0 aliphatic heterocycles. The molecule has 0 unspecified atom stereocenters. The molecule has 0 aliphatic carbocycles. The zero-order valence-corrected chi connectivity index (χ0v) is 19.5. The smallest absolute Gasteiger partial charge is 0.234 e. The molecule has 0 saturated carbocycles. The number of hydrogen-bond acceptors (Lipinski definition) is 5. The minimum absolute atomic E-state index is 0.101. The fourth-order valence-corrected chi connectivity index (χ4v) is 4.32. The van der Waals surface area contributed by atoms with Crippen LogP contribution in [0.1, 0.15) is 11.4 Å². The van der Waals surface area contributed by atoms with Gasteiger partial charge in [-0.2, -0.15) is 0 Å². The normalized spacial score (nSPS) is 10.9. The summed E-state index contributed by atoms with van der Waals surface area (Å²) in [5.74, 6) is 1.66. The van der Waals surface area contributed by atoms with E-state index in [4.69, 9.17) is 4.74 Å². The Labute approximate surface area is 193 Å². The average Bonchev–Trinajstić information content (AvgIpc) is 3.11. The van der Waals surface area contributed by atoms with Crippen molar-refractivity contribution in [1.29, 1.82) is 0 Å². The summed E-state index contributed by atoms with van der Waals surface area (Å²) in [5, 5.41) is 14.3. The molecule has 0 aliphatic rings. The number of nitrogens with zero attached hydrogens (tertiary/aromatic N) is 3. The molecule has 1 aromatic heterocycles. The van der Waals surface area contributed by atoms with Crippen LogP contribution in [0.15, 0.2) is 70.3 Å². The lowest BCUT2D eigenvalue weighted by atomic mass is 10.0. The summed E-state index contributed by atoms with van der Waals surface area (Å²) >= 11 is 4.73. The molecule has 0 atom stereocenters. The van der Waals surface area contributed by atoms with Crippen LogP contribution in [0.2, 0.25) is 0 Å². The second-order valence-electron chi connectivity index (χ2n) is 7.00. The van der Waals surface area contributed by atoms with Gasteiger partial charge < -0.3 is 14.6 Å². The number of carbonyl (C=O) groups excluding carboxylic acids is 1. The number of amides is 1. The Morgan fingerprint density at radius 2 is 1.97 bits per heavy atom. The molecule has 0 fully saturated rings. The van der Waals surface area contributed by atoms with Crippen LogP contribution in [0.4, 0.5) is 5.69 Å². The van der Waals surface area contributed by atoms with Gasteiger partial charge >= 0.3 is 0 Å².